The van der Waals surface area contributed by atoms with Gasteiger partial charge >= 0.3 is 8.56 Å². The van der Waals surface area contributed by atoms with Crippen LogP contribution in [0.5, 0.6) is 0 Å². The average molecular weight is 280 g/mol. The van der Waals surface area contributed by atoms with Gasteiger partial charge in [0.05, 0.1) is 0 Å². The Bertz CT molecular complexity index is 293. The fraction of sp³-hybridized carbons (Fsp3) is 0.750. The first kappa shape index (κ1) is 15.0. The summed E-state index contributed by atoms with van der Waals surface area (Å²) in [6, 6.07) is 0. The molecule has 0 saturated carbocycles. The second-order valence-corrected chi connectivity index (χ2v) is 9.70. The second-order valence-electron chi connectivity index (χ2n) is 6.32. The third-order valence-corrected chi connectivity index (χ3v) is 5.81. The zero-order chi connectivity index (χ0) is 13.6. The summed E-state index contributed by atoms with van der Waals surface area (Å²) in [5.74, 6) is 1.41. The minimum Gasteiger partial charge on any atom is -0.394 e. The molecule has 0 aromatic heterocycles. The van der Waals surface area contributed by atoms with Crippen molar-refractivity contribution < 1.29 is 8.85 Å². The summed E-state index contributed by atoms with van der Waals surface area (Å²) < 4.78 is 12.2. The van der Waals surface area contributed by atoms with Gasteiger partial charge in [-0.2, -0.15) is 0 Å². The molecule has 0 spiro atoms. The molecule has 0 amide bonds. The zero-order valence-electron chi connectivity index (χ0n) is 12.4. The molecular weight excluding hydrogens is 252 g/mol. The van der Waals surface area contributed by atoms with Gasteiger partial charge in [0.2, 0.25) is 0 Å². The Labute approximate surface area is 119 Å². The van der Waals surface area contributed by atoms with Crippen molar-refractivity contribution in [3.05, 3.63) is 24.3 Å². The molecule has 0 saturated heterocycles. The Balaban J connectivity index is 1.65. The molecule has 0 N–H and O–H groups in total. The van der Waals surface area contributed by atoms with Crippen LogP contribution in [0.2, 0.25) is 13.1 Å². The average Bonchev–Trinajstić information content (AvgIpc) is 2.46. The molecule has 3 heteroatoms. The van der Waals surface area contributed by atoms with E-state index in [-0.39, 0.29) is 0 Å². The van der Waals surface area contributed by atoms with Gasteiger partial charge in [0.15, 0.2) is 0 Å². The molecule has 2 aliphatic carbocycles. The molecule has 0 aromatic rings. The SMILES string of the molecule is C[Si](C)(OC[C@@H]1CC=CCC1)OC[C@H]1CC=CCC1. The van der Waals surface area contributed by atoms with Crippen molar-refractivity contribution >= 4 is 8.56 Å². The highest BCUT2D eigenvalue weighted by Crippen LogP contribution is 2.23. The van der Waals surface area contributed by atoms with Gasteiger partial charge in [0.25, 0.3) is 0 Å². The molecule has 108 valence electrons. The monoisotopic (exact) mass is 280 g/mol. The predicted molar refractivity (Wildman–Crippen MR) is 82.3 cm³/mol. The van der Waals surface area contributed by atoms with Crippen LogP contribution in [0.15, 0.2) is 24.3 Å². The number of rotatable bonds is 6. The topological polar surface area (TPSA) is 18.5 Å². The van der Waals surface area contributed by atoms with E-state index in [1.807, 2.05) is 0 Å². The first-order valence-electron chi connectivity index (χ1n) is 7.73. The van der Waals surface area contributed by atoms with E-state index in [0.29, 0.717) is 11.8 Å². The lowest BCUT2D eigenvalue weighted by atomic mass is 9.96. The maximum atomic E-state index is 6.12. The van der Waals surface area contributed by atoms with Gasteiger partial charge in [-0.15, -0.1) is 0 Å². The van der Waals surface area contributed by atoms with Crippen molar-refractivity contribution in [2.24, 2.45) is 11.8 Å². The van der Waals surface area contributed by atoms with E-state index in [9.17, 15) is 0 Å². The van der Waals surface area contributed by atoms with E-state index in [4.69, 9.17) is 8.85 Å². The maximum Gasteiger partial charge on any atom is 0.331 e. The molecule has 0 bridgehead atoms. The molecule has 0 aliphatic heterocycles. The minimum atomic E-state index is -1.92. The van der Waals surface area contributed by atoms with Gasteiger partial charge in [-0.25, -0.2) is 0 Å². The summed E-state index contributed by atoms with van der Waals surface area (Å²) in [6.45, 7) is 6.14. The van der Waals surface area contributed by atoms with Crippen molar-refractivity contribution in [3.63, 3.8) is 0 Å². The number of hydrogen-bond acceptors (Lipinski definition) is 2. The van der Waals surface area contributed by atoms with E-state index in [2.05, 4.69) is 37.4 Å². The quantitative estimate of drug-likeness (QED) is 0.529. The van der Waals surface area contributed by atoms with Gasteiger partial charge in [0.1, 0.15) is 0 Å². The molecule has 2 rings (SSSR count). The van der Waals surface area contributed by atoms with E-state index in [1.54, 1.807) is 0 Å². The van der Waals surface area contributed by atoms with E-state index in [0.717, 1.165) is 13.2 Å². The first-order chi connectivity index (χ1) is 9.16. The van der Waals surface area contributed by atoms with Crippen LogP contribution in [0, 0.1) is 11.8 Å². The smallest absolute Gasteiger partial charge is 0.331 e. The molecule has 19 heavy (non-hydrogen) atoms. The lowest BCUT2D eigenvalue weighted by molar-refractivity contribution is 0.130. The second kappa shape index (κ2) is 7.41. The molecule has 0 fully saturated rings. The Kier molecular flexibility index (Phi) is 5.86. The van der Waals surface area contributed by atoms with Gasteiger partial charge in [-0.1, -0.05) is 24.3 Å². The number of allylic oxidation sites excluding steroid dienone is 4. The van der Waals surface area contributed by atoms with Crippen molar-refractivity contribution in [2.45, 2.75) is 51.6 Å². The molecule has 0 unspecified atom stereocenters. The molecular formula is C16H28O2Si. The molecule has 0 aromatic carbocycles. The van der Waals surface area contributed by atoms with Crippen molar-refractivity contribution in [3.8, 4) is 0 Å². The summed E-state index contributed by atoms with van der Waals surface area (Å²) >= 11 is 0. The van der Waals surface area contributed by atoms with Gasteiger partial charge < -0.3 is 8.85 Å². The van der Waals surface area contributed by atoms with Crippen molar-refractivity contribution in [2.75, 3.05) is 13.2 Å². The molecule has 0 radical (unpaired) electrons. The van der Waals surface area contributed by atoms with E-state index >= 15 is 0 Å². The summed E-state index contributed by atoms with van der Waals surface area (Å²) in [5.41, 5.74) is 0. The maximum absolute atomic E-state index is 6.12. The third kappa shape index (κ3) is 5.63. The number of hydrogen-bond donors (Lipinski definition) is 0. The molecule has 0 heterocycles. The van der Waals surface area contributed by atoms with Crippen LogP contribution in [-0.4, -0.2) is 21.8 Å². The summed E-state index contributed by atoms with van der Waals surface area (Å²) in [7, 11) is -1.92. The Hall–Kier alpha value is -0.383. The van der Waals surface area contributed by atoms with Crippen molar-refractivity contribution in [1.82, 2.24) is 0 Å². The fourth-order valence-electron chi connectivity index (χ4n) is 2.69. The lowest BCUT2D eigenvalue weighted by Gasteiger charge is -2.29. The largest absolute Gasteiger partial charge is 0.394 e. The van der Waals surface area contributed by atoms with E-state index < -0.39 is 8.56 Å². The first-order valence-corrected chi connectivity index (χ1v) is 10.6. The van der Waals surface area contributed by atoms with Crippen LogP contribution in [0.1, 0.15) is 38.5 Å². The highest BCUT2D eigenvalue weighted by Gasteiger charge is 2.27. The van der Waals surface area contributed by atoms with Gasteiger partial charge in [0, 0.05) is 13.2 Å². The van der Waals surface area contributed by atoms with Crippen LogP contribution in [0.4, 0.5) is 0 Å². The van der Waals surface area contributed by atoms with Crippen LogP contribution in [0.25, 0.3) is 0 Å². The Morgan fingerprint density at radius 2 is 1.32 bits per heavy atom. The molecule has 2 aliphatic rings. The zero-order valence-corrected chi connectivity index (χ0v) is 13.4. The van der Waals surface area contributed by atoms with Crippen LogP contribution >= 0.6 is 0 Å². The summed E-state index contributed by atoms with van der Waals surface area (Å²) in [6.07, 6.45) is 16.5. The van der Waals surface area contributed by atoms with Crippen LogP contribution in [0.3, 0.4) is 0 Å². The Morgan fingerprint density at radius 3 is 1.68 bits per heavy atom. The normalized spacial score (nSPS) is 27.7. The highest BCUT2D eigenvalue weighted by atomic mass is 28.4. The predicted octanol–water partition coefficient (Wildman–Crippen LogP) is 4.43. The minimum absolute atomic E-state index is 0.706. The Morgan fingerprint density at radius 1 is 0.842 bits per heavy atom. The fourth-order valence-corrected chi connectivity index (χ4v) is 4.05. The van der Waals surface area contributed by atoms with Gasteiger partial charge in [-0.3, -0.25) is 0 Å². The lowest BCUT2D eigenvalue weighted by Crippen LogP contribution is -2.38. The molecule has 2 nitrogen and oxygen atoms in total. The van der Waals surface area contributed by atoms with Crippen molar-refractivity contribution in [1.29, 1.82) is 0 Å². The summed E-state index contributed by atoms with van der Waals surface area (Å²) in [4.78, 5) is 0. The molecule has 2 atom stereocenters. The van der Waals surface area contributed by atoms with Crippen LogP contribution < -0.4 is 0 Å². The summed E-state index contributed by atoms with van der Waals surface area (Å²) in [5, 5.41) is 0. The van der Waals surface area contributed by atoms with E-state index in [1.165, 1.54) is 38.5 Å². The standard InChI is InChI=1S/C16H28O2Si/c1-19(2,17-13-15-9-5-3-6-10-15)18-14-16-11-7-4-8-12-16/h3-5,7,15-16H,6,8-14H2,1-2H3/t15-,16+. The van der Waals surface area contributed by atoms with Gasteiger partial charge in [-0.05, 0) is 63.5 Å². The van der Waals surface area contributed by atoms with Crippen LogP contribution in [-0.2, 0) is 8.85 Å². The highest BCUT2D eigenvalue weighted by molar-refractivity contribution is 6.64. The third-order valence-electron chi connectivity index (χ3n) is 4.09.